The van der Waals surface area contributed by atoms with Crippen molar-refractivity contribution in [3.63, 3.8) is 0 Å². The minimum atomic E-state index is -2.49. The summed E-state index contributed by atoms with van der Waals surface area (Å²) in [4.78, 5) is 0. The lowest BCUT2D eigenvalue weighted by Crippen LogP contribution is -2.66. The molecule has 0 heterocycles. The fraction of sp³-hybridized carbons (Fsp3) is 0.300. The first-order chi connectivity index (χ1) is 11.4. The molecule has 2 rings (SSSR count). The molecule has 0 aliphatic heterocycles. The van der Waals surface area contributed by atoms with Gasteiger partial charge in [0.25, 0.3) is 8.32 Å². The minimum absolute atomic E-state index is 0.0492. The molecule has 0 aliphatic carbocycles. The zero-order chi connectivity index (χ0) is 17.6. The first-order valence-electron chi connectivity index (χ1n) is 8.14. The second-order valence-electron chi connectivity index (χ2n) is 6.79. The fourth-order valence-electron chi connectivity index (χ4n) is 3.14. The van der Waals surface area contributed by atoms with Gasteiger partial charge in [-0.15, -0.1) is 0 Å². The molecule has 0 atom stereocenters. The summed E-state index contributed by atoms with van der Waals surface area (Å²) >= 11 is 2.83. The molecule has 24 heavy (non-hydrogen) atoms. The summed E-state index contributed by atoms with van der Waals surface area (Å²) in [6.45, 7) is 7.20. The van der Waals surface area contributed by atoms with E-state index in [0.717, 1.165) is 0 Å². The Morgan fingerprint density at radius 3 is 1.83 bits per heavy atom. The highest BCUT2D eigenvalue weighted by Gasteiger charge is 2.49. The maximum Gasteiger partial charge on any atom is 0.261 e. The van der Waals surface area contributed by atoms with Crippen LogP contribution in [0, 0.1) is 0 Å². The summed E-state index contributed by atoms with van der Waals surface area (Å²) in [6.07, 6.45) is 2.05. The van der Waals surface area contributed by atoms with E-state index in [1.807, 2.05) is 12.1 Å². The number of hydrogen-bond acceptors (Lipinski definition) is 1. The third-order valence-corrected chi connectivity index (χ3v) is 9.52. The predicted octanol–water partition coefficient (Wildman–Crippen LogP) is 5.16. The molecule has 0 amide bonds. The Morgan fingerprint density at radius 1 is 1.00 bits per heavy atom. The first-order valence-corrected chi connectivity index (χ1v) is 10.8. The van der Waals surface area contributed by atoms with Crippen molar-refractivity contribution in [1.82, 2.24) is 0 Å². The van der Waals surface area contributed by atoms with Crippen LogP contribution in [0.4, 0.5) is 4.39 Å². The summed E-state index contributed by atoms with van der Waals surface area (Å²) in [5, 5.41) is 2.44. The van der Waals surface area contributed by atoms with E-state index in [2.05, 4.69) is 85.2 Å². The average Bonchev–Trinajstić information content (AvgIpc) is 2.55. The maximum absolute atomic E-state index is 12.9. The van der Waals surface area contributed by atoms with Gasteiger partial charge in [-0.3, -0.25) is 0 Å². The SMILES string of the molecule is CC(C)(C)[Si](OCC/C=C(/F)Br)(c1ccccc1)c1ccccc1. The van der Waals surface area contributed by atoms with Crippen molar-refractivity contribution in [1.29, 1.82) is 0 Å². The molecule has 0 aromatic heterocycles. The van der Waals surface area contributed by atoms with Crippen LogP contribution in [0.5, 0.6) is 0 Å². The van der Waals surface area contributed by atoms with E-state index >= 15 is 0 Å². The molecule has 128 valence electrons. The topological polar surface area (TPSA) is 9.23 Å². The van der Waals surface area contributed by atoms with Gasteiger partial charge in [0.2, 0.25) is 0 Å². The van der Waals surface area contributed by atoms with Gasteiger partial charge in [0.1, 0.15) is 0 Å². The summed E-state index contributed by atoms with van der Waals surface area (Å²) in [7, 11) is -2.49. The lowest BCUT2D eigenvalue weighted by atomic mass is 10.2. The van der Waals surface area contributed by atoms with Crippen LogP contribution in [0.2, 0.25) is 5.04 Å². The molecule has 0 spiro atoms. The molecule has 4 heteroatoms. The zero-order valence-electron chi connectivity index (χ0n) is 14.4. The summed E-state index contributed by atoms with van der Waals surface area (Å²) in [5.41, 5.74) is 0. The van der Waals surface area contributed by atoms with E-state index in [-0.39, 0.29) is 9.77 Å². The van der Waals surface area contributed by atoms with E-state index < -0.39 is 8.32 Å². The molecule has 0 N–H and O–H groups in total. The lowest BCUT2D eigenvalue weighted by molar-refractivity contribution is 0.304. The highest BCUT2D eigenvalue weighted by molar-refractivity contribution is 9.11. The molecule has 0 saturated heterocycles. The van der Waals surface area contributed by atoms with Crippen molar-refractivity contribution >= 4 is 34.6 Å². The van der Waals surface area contributed by atoms with Crippen LogP contribution in [0.15, 0.2) is 71.5 Å². The van der Waals surface area contributed by atoms with Crippen LogP contribution in [0.3, 0.4) is 0 Å². The van der Waals surface area contributed by atoms with Crippen molar-refractivity contribution < 1.29 is 8.82 Å². The Balaban J connectivity index is 2.51. The molecule has 0 radical (unpaired) electrons. The van der Waals surface area contributed by atoms with Gasteiger partial charge in [-0.25, -0.2) is 0 Å². The zero-order valence-corrected chi connectivity index (χ0v) is 17.0. The molecule has 0 unspecified atom stereocenters. The summed E-state index contributed by atoms with van der Waals surface area (Å²) < 4.78 is 19.2. The molecule has 0 fully saturated rings. The summed E-state index contributed by atoms with van der Waals surface area (Å²) in [6, 6.07) is 20.9. The van der Waals surface area contributed by atoms with Gasteiger partial charge in [-0.1, -0.05) is 81.4 Å². The Bertz CT molecular complexity index is 622. The van der Waals surface area contributed by atoms with E-state index in [4.69, 9.17) is 4.43 Å². The molecule has 1 nitrogen and oxygen atoms in total. The average molecular weight is 407 g/mol. The van der Waals surface area contributed by atoms with Gasteiger partial charge in [-0.2, -0.15) is 4.39 Å². The Kier molecular flexibility index (Phi) is 6.55. The fourth-order valence-corrected chi connectivity index (χ4v) is 7.95. The molecule has 0 bridgehead atoms. The predicted molar refractivity (Wildman–Crippen MR) is 106 cm³/mol. The minimum Gasteiger partial charge on any atom is -0.407 e. The lowest BCUT2D eigenvalue weighted by Gasteiger charge is -2.43. The Morgan fingerprint density at radius 2 is 1.46 bits per heavy atom. The van der Waals surface area contributed by atoms with E-state index in [1.54, 1.807) is 0 Å². The maximum atomic E-state index is 12.9. The molecular weight excluding hydrogens is 383 g/mol. The van der Waals surface area contributed by atoms with Crippen LogP contribution < -0.4 is 10.4 Å². The smallest absolute Gasteiger partial charge is 0.261 e. The van der Waals surface area contributed by atoms with Crippen LogP contribution in [0.1, 0.15) is 27.2 Å². The van der Waals surface area contributed by atoms with Gasteiger partial charge in [-0.05, 0) is 43.8 Å². The van der Waals surface area contributed by atoms with Gasteiger partial charge in [0.15, 0.2) is 4.74 Å². The van der Waals surface area contributed by atoms with E-state index in [1.165, 1.54) is 16.4 Å². The van der Waals surface area contributed by atoms with Gasteiger partial charge < -0.3 is 4.43 Å². The number of halogens is 2. The highest BCUT2D eigenvalue weighted by atomic mass is 79.9. The molecular formula is C20H24BrFOSi. The first kappa shape index (κ1) is 19.1. The standard InChI is InChI=1S/C20H24BrFOSi/c1-20(2,3)24(17-11-6-4-7-12-17,18-13-8-5-9-14-18)23-16-10-15-19(21)22/h4-9,11-15H,10,16H2,1-3H3/b19-15+. The largest absolute Gasteiger partial charge is 0.407 e. The number of rotatable bonds is 6. The number of benzene rings is 2. The monoisotopic (exact) mass is 406 g/mol. The van der Waals surface area contributed by atoms with Crippen molar-refractivity contribution in [2.24, 2.45) is 0 Å². The van der Waals surface area contributed by atoms with Gasteiger partial charge in [0, 0.05) is 6.61 Å². The number of hydrogen-bond donors (Lipinski definition) is 0. The van der Waals surface area contributed by atoms with Crippen molar-refractivity contribution in [2.45, 2.75) is 32.2 Å². The van der Waals surface area contributed by atoms with Crippen molar-refractivity contribution in [3.05, 3.63) is 71.5 Å². The molecule has 0 saturated carbocycles. The normalized spacial score (nSPS) is 13.1. The quantitative estimate of drug-likeness (QED) is 0.475. The summed E-state index contributed by atoms with van der Waals surface area (Å²) in [5.74, 6) is 0. The van der Waals surface area contributed by atoms with Crippen molar-refractivity contribution in [2.75, 3.05) is 6.61 Å². The van der Waals surface area contributed by atoms with Crippen LogP contribution in [0.25, 0.3) is 0 Å². The van der Waals surface area contributed by atoms with E-state index in [0.29, 0.717) is 13.0 Å². The van der Waals surface area contributed by atoms with Gasteiger partial charge in [0.05, 0.1) is 0 Å². The second kappa shape index (κ2) is 8.23. The molecule has 0 aliphatic rings. The van der Waals surface area contributed by atoms with E-state index in [9.17, 15) is 4.39 Å². The molecule has 2 aromatic rings. The third-order valence-electron chi connectivity index (χ3n) is 4.15. The van der Waals surface area contributed by atoms with Crippen molar-refractivity contribution in [3.8, 4) is 0 Å². The highest BCUT2D eigenvalue weighted by Crippen LogP contribution is 2.36. The third kappa shape index (κ3) is 4.24. The Hall–Kier alpha value is -1.23. The van der Waals surface area contributed by atoms with Crippen LogP contribution in [-0.4, -0.2) is 14.9 Å². The second-order valence-corrected chi connectivity index (χ2v) is 11.9. The Labute approximate surface area is 153 Å². The van der Waals surface area contributed by atoms with Crippen LogP contribution >= 0.6 is 15.9 Å². The van der Waals surface area contributed by atoms with Crippen LogP contribution in [-0.2, 0) is 4.43 Å². The van der Waals surface area contributed by atoms with Gasteiger partial charge >= 0.3 is 0 Å². The molecule has 2 aromatic carbocycles.